The van der Waals surface area contributed by atoms with Crippen molar-refractivity contribution in [3.05, 3.63) is 65.5 Å². The molecule has 2 aliphatic heterocycles. The molecular formula is C29H34N6O3. The fourth-order valence-electron chi connectivity index (χ4n) is 4.91. The Labute approximate surface area is 223 Å². The molecule has 9 heteroatoms. The summed E-state index contributed by atoms with van der Waals surface area (Å²) < 4.78 is 11.6. The van der Waals surface area contributed by atoms with E-state index in [9.17, 15) is 5.11 Å². The molecule has 0 radical (unpaired) electrons. The molecule has 1 unspecified atom stereocenters. The van der Waals surface area contributed by atoms with Crippen molar-refractivity contribution in [2.45, 2.75) is 51.0 Å². The molecule has 2 fully saturated rings. The van der Waals surface area contributed by atoms with Crippen LogP contribution in [0.4, 0.5) is 0 Å². The van der Waals surface area contributed by atoms with Crippen molar-refractivity contribution in [2.24, 2.45) is 4.99 Å². The maximum Gasteiger partial charge on any atom is 0.213 e. The number of likely N-dealkylation sites (tertiary alicyclic amines) is 1. The number of piperidine rings is 1. The molecule has 0 spiro atoms. The van der Waals surface area contributed by atoms with Crippen LogP contribution in [-0.2, 0) is 11.3 Å². The number of ether oxygens (including phenoxy) is 2. The van der Waals surface area contributed by atoms with Crippen molar-refractivity contribution >= 4 is 16.7 Å². The maximum absolute atomic E-state index is 9.82. The summed E-state index contributed by atoms with van der Waals surface area (Å²) >= 11 is 0. The van der Waals surface area contributed by atoms with Gasteiger partial charge in [-0.2, -0.15) is 5.26 Å². The average Bonchev–Trinajstić information content (AvgIpc) is 2.91. The van der Waals surface area contributed by atoms with E-state index in [1.54, 1.807) is 25.3 Å². The topological polar surface area (TPSA) is 116 Å². The van der Waals surface area contributed by atoms with E-state index in [-0.39, 0.29) is 6.10 Å². The number of rotatable bonds is 9. The zero-order chi connectivity index (χ0) is 26.3. The molecule has 38 heavy (non-hydrogen) atoms. The van der Waals surface area contributed by atoms with Crippen molar-refractivity contribution in [3.63, 3.8) is 0 Å². The van der Waals surface area contributed by atoms with Crippen LogP contribution in [0, 0.1) is 11.3 Å². The molecule has 3 aromatic rings. The monoisotopic (exact) mass is 514 g/mol. The Hall–Kier alpha value is -3.58. The number of amidine groups is 1. The quantitative estimate of drug-likeness (QED) is 0.254. The Balaban J connectivity index is 1.16. The zero-order valence-corrected chi connectivity index (χ0v) is 21.7. The molecule has 2 atom stereocenters. The van der Waals surface area contributed by atoms with Crippen LogP contribution in [0.2, 0.25) is 0 Å². The van der Waals surface area contributed by atoms with Crippen LogP contribution < -0.4 is 10.1 Å². The standard InChI is InChI=1S/C29H34N6O3/c1-20(36)33-28(32-17-24-10-14-37-24)18-35-12-8-22(9-13-35)26-3-2-4-29(34-26)38-19-23-7-11-31-27-15-21(16-30)5-6-25(23)27/h2-7,11,15,20,22,24,36H,8-10,12-14,17-19H2,1H3,(H,32,33)/t20?,24-/m0/s1. The normalized spacial score (nSPS) is 19.5. The fraction of sp³-hybridized carbons (Fsp3) is 0.448. The van der Waals surface area contributed by atoms with E-state index >= 15 is 0 Å². The Kier molecular flexibility index (Phi) is 8.44. The van der Waals surface area contributed by atoms with E-state index in [1.165, 1.54) is 0 Å². The molecule has 0 amide bonds. The molecule has 198 valence electrons. The van der Waals surface area contributed by atoms with Gasteiger partial charge in [0.25, 0.3) is 0 Å². The largest absolute Gasteiger partial charge is 0.473 e. The van der Waals surface area contributed by atoms with Gasteiger partial charge in [-0.1, -0.05) is 12.1 Å². The van der Waals surface area contributed by atoms with Crippen LogP contribution in [-0.4, -0.2) is 70.9 Å². The third-order valence-electron chi connectivity index (χ3n) is 7.12. The van der Waals surface area contributed by atoms with Crippen molar-refractivity contribution in [3.8, 4) is 11.9 Å². The number of nitrogens with one attached hydrogen (secondary N) is 1. The van der Waals surface area contributed by atoms with Crippen molar-refractivity contribution < 1.29 is 14.6 Å². The Bertz CT molecular complexity index is 1310. The number of fused-ring (bicyclic) bond motifs is 1. The second kappa shape index (κ2) is 12.3. The minimum atomic E-state index is -0.638. The summed E-state index contributed by atoms with van der Waals surface area (Å²) in [6, 6.07) is 15.6. The van der Waals surface area contributed by atoms with Gasteiger partial charge in [0.2, 0.25) is 5.88 Å². The molecule has 4 heterocycles. The van der Waals surface area contributed by atoms with Crippen molar-refractivity contribution in [1.82, 2.24) is 20.2 Å². The first-order valence-corrected chi connectivity index (χ1v) is 13.3. The smallest absolute Gasteiger partial charge is 0.213 e. The third kappa shape index (κ3) is 6.64. The van der Waals surface area contributed by atoms with Crippen LogP contribution in [0.5, 0.6) is 5.88 Å². The highest BCUT2D eigenvalue weighted by atomic mass is 16.5. The van der Waals surface area contributed by atoms with Crippen molar-refractivity contribution in [2.75, 3.05) is 32.8 Å². The Morgan fingerprint density at radius 1 is 1.26 bits per heavy atom. The highest BCUT2D eigenvalue weighted by Crippen LogP contribution is 2.28. The first-order chi connectivity index (χ1) is 18.6. The summed E-state index contributed by atoms with van der Waals surface area (Å²) in [4.78, 5) is 16.3. The van der Waals surface area contributed by atoms with E-state index in [0.717, 1.165) is 67.0 Å². The number of aromatic nitrogens is 2. The lowest BCUT2D eigenvalue weighted by atomic mass is 9.93. The number of nitriles is 1. The number of aliphatic hydroxyl groups is 1. The van der Waals surface area contributed by atoms with Gasteiger partial charge < -0.3 is 19.9 Å². The van der Waals surface area contributed by atoms with E-state index in [1.807, 2.05) is 24.3 Å². The Morgan fingerprint density at radius 2 is 2.11 bits per heavy atom. The van der Waals surface area contributed by atoms with Crippen LogP contribution in [0.15, 0.2) is 53.7 Å². The summed E-state index contributed by atoms with van der Waals surface area (Å²) in [5.41, 5.74) is 3.44. The SMILES string of the molecule is CC(O)NC(CN1CCC(c2cccc(OCc3ccnc4cc(C#N)ccc34)n2)CC1)=NC[C@@H]1CCO1. The summed E-state index contributed by atoms with van der Waals surface area (Å²) in [6.45, 7) is 6.11. The second-order valence-corrected chi connectivity index (χ2v) is 9.94. The van der Waals surface area contributed by atoms with Crippen LogP contribution in [0.1, 0.15) is 48.9 Å². The van der Waals surface area contributed by atoms with Gasteiger partial charge in [-0.25, -0.2) is 4.98 Å². The summed E-state index contributed by atoms with van der Waals surface area (Å²) in [7, 11) is 0. The number of benzene rings is 1. The number of hydrogen-bond acceptors (Lipinski definition) is 8. The highest BCUT2D eigenvalue weighted by molar-refractivity contribution is 5.84. The van der Waals surface area contributed by atoms with Gasteiger partial charge >= 0.3 is 0 Å². The van der Waals surface area contributed by atoms with E-state index < -0.39 is 6.23 Å². The highest BCUT2D eigenvalue weighted by Gasteiger charge is 2.24. The van der Waals surface area contributed by atoms with Gasteiger partial charge in [0.1, 0.15) is 18.7 Å². The molecule has 2 aromatic heterocycles. The van der Waals surface area contributed by atoms with E-state index in [4.69, 9.17) is 19.7 Å². The van der Waals surface area contributed by atoms with E-state index in [2.05, 4.69) is 32.3 Å². The zero-order valence-electron chi connectivity index (χ0n) is 21.7. The molecule has 2 aliphatic rings. The molecule has 2 N–H and O–H groups in total. The van der Waals surface area contributed by atoms with Gasteiger partial charge in [0, 0.05) is 41.4 Å². The van der Waals surface area contributed by atoms with Gasteiger partial charge in [-0.05, 0) is 63.5 Å². The number of pyridine rings is 2. The maximum atomic E-state index is 9.82. The molecule has 0 aliphatic carbocycles. The summed E-state index contributed by atoms with van der Waals surface area (Å²) in [5.74, 6) is 1.79. The van der Waals surface area contributed by atoms with Crippen LogP contribution >= 0.6 is 0 Å². The molecular weight excluding hydrogens is 480 g/mol. The molecule has 1 aromatic carbocycles. The first kappa shape index (κ1) is 26.0. The molecule has 9 nitrogen and oxygen atoms in total. The predicted octanol–water partition coefficient (Wildman–Crippen LogP) is 3.38. The third-order valence-corrected chi connectivity index (χ3v) is 7.12. The van der Waals surface area contributed by atoms with Gasteiger partial charge in [0.15, 0.2) is 0 Å². The lowest BCUT2D eigenvalue weighted by Gasteiger charge is -2.32. The number of hydrogen-bond donors (Lipinski definition) is 2. The minimum Gasteiger partial charge on any atom is -0.473 e. The number of aliphatic hydroxyl groups excluding tert-OH is 1. The van der Waals surface area contributed by atoms with Crippen LogP contribution in [0.3, 0.4) is 0 Å². The van der Waals surface area contributed by atoms with Crippen molar-refractivity contribution in [1.29, 1.82) is 5.26 Å². The Morgan fingerprint density at radius 3 is 2.84 bits per heavy atom. The molecule has 2 saturated heterocycles. The van der Waals surface area contributed by atoms with Gasteiger partial charge in [-0.15, -0.1) is 0 Å². The van der Waals surface area contributed by atoms with E-state index in [0.29, 0.717) is 37.1 Å². The summed E-state index contributed by atoms with van der Waals surface area (Å²) in [5, 5.41) is 23.0. The minimum absolute atomic E-state index is 0.209. The molecule has 5 rings (SSSR count). The average molecular weight is 515 g/mol. The fourth-order valence-corrected chi connectivity index (χ4v) is 4.91. The first-order valence-electron chi connectivity index (χ1n) is 13.3. The lowest BCUT2D eigenvalue weighted by molar-refractivity contribution is -0.0433. The predicted molar refractivity (Wildman–Crippen MR) is 145 cm³/mol. The second-order valence-electron chi connectivity index (χ2n) is 9.94. The molecule has 0 bridgehead atoms. The lowest BCUT2D eigenvalue weighted by Crippen LogP contribution is -2.44. The van der Waals surface area contributed by atoms with Gasteiger partial charge in [-0.3, -0.25) is 14.9 Å². The van der Waals surface area contributed by atoms with Crippen LogP contribution in [0.25, 0.3) is 10.9 Å². The number of nitrogens with zero attached hydrogens (tertiary/aromatic N) is 5. The number of aliphatic imine (C=N–C) groups is 1. The summed E-state index contributed by atoms with van der Waals surface area (Å²) in [6.07, 6.45) is 4.37. The molecule has 0 saturated carbocycles. The van der Waals surface area contributed by atoms with Gasteiger partial charge in [0.05, 0.1) is 36.3 Å².